The van der Waals surface area contributed by atoms with Gasteiger partial charge in [-0.15, -0.1) is 0 Å². The van der Waals surface area contributed by atoms with Gasteiger partial charge in [0, 0.05) is 19.8 Å². The van der Waals surface area contributed by atoms with Crippen LogP contribution in [0.3, 0.4) is 0 Å². The highest BCUT2D eigenvalue weighted by atomic mass is 16.5. The molecule has 0 fully saturated rings. The van der Waals surface area contributed by atoms with Crippen LogP contribution < -0.4 is 11.3 Å². The Bertz CT molecular complexity index is 284. The number of methoxy groups -OCH3 is 1. The van der Waals surface area contributed by atoms with Crippen LogP contribution in [0.4, 0.5) is 0 Å². The van der Waals surface area contributed by atoms with Crippen molar-refractivity contribution >= 4 is 0 Å². The Hall–Kier alpha value is -0.900. The molecular weight excluding hydrogens is 200 g/mol. The lowest BCUT2D eigenvalue weighted by Crippen LogP contribution is -2.37. The molecule has 1 rings (SSSR count). The van der Waals surface area contributed by atoms with E-state index in [1.807, 2.05) is 0 Å². The minimum absolute atomic E-state index is 0.285. The van der Waals surface area contributed by atoms with E-state index in [1.165, 1.54) is 11.1 Å². The molecule has 0 aromatic heterocycles. The van der Waals surface area contributed by atoms with Gasteiger partial charge in [0.15, 0.2) is 0 Å². The fourth-order valence-electron chi connectivity index (χ4n) is 1.70. The third-order valence-corrected chi connectivity index (χ3v) is 2.82. The minimum atomic E-state index is 0.285. The lowest BCUT2D eigenvalue weighted by molar-refractivity contribution is 0.182. The molecule has 0 saturated carbocycles. The van der Waals surface area contributed by atoms with Gasteiger partial charge < -0.3 is 4.74 Å². The second-order valence-corrected chi connectivity index (χ2v) is 4.02. The van der Waals surface area contributed by atoms with Crippen molar-refractivity contribution in [2.75, 3.05) is 13.7 Å². The van der Waals surface area contributed by atoms with Crippen molar-refractivity contribution < 1.29 is 4.74 Å². The summed E-state index contributed by atoms with van der Waals surface area (Å²) in [7, 11) is 1.71. The van der Waals surface area contributed by atoms with Gasteiger partial charge in [-0.05, 0) is 30.4 Å². The zero-order valence-corrected chi connectivity index (χ0v) is 10.2. The Morgan fingerprint density at radius 1 is 1.25 bits per heavy atom. The first-order chi connectivity index (χ1) is 7.80. The zero-order chi connectivity index (χ0) is 11.8. The molecule has 3 nitrogen and oxygen atoms in total. The molecule has 90 valence electrons. The zero-order valence-electron chi connectivity index (χ0n) is 10.2. The fraction of sp³-hybridized carbons (Fsp3) is 0.538. The van der Waals surface area contributed by atoms with Crippen LogP contribution in [0.15, 0.2) is 24.3 Å². The molecule has 0 amide bonds. The predicted molar refractivity (Wildman–Crippen MR) is 67.1 cm³/mol. The normalized spacial score (nSPS) is 12.7. The van der Waals surface area contributed by atoms with Crippen molar-refractivity contribution in [3.8, 4) is 0 Å². The molecule has 0 heterocycles. The molecule has 1 atom stereocenters. The molecule has 0 aliphatic rings. The van der Waals surface area contributed by atoms with Crippen molar-refractivity contribution in [1.82, 2.24) is 5.43 Å². The Kier molecular flexibility index (Phi) is 6.08. The molecule has 0 bridgehead atoms. The maximum atomic E-state index is 5.51. The SMILES string of the molecule is CCc1ccc(CC(CCOC)NN)cc1. The summed E-state index contributed by atoms with van der Waals surface area (Å²) in [5, 5.41) is 0. The third kappa shape index (κ3) is 4.31. The van der Waals surface area contributed by atoms with Gasteiger partial charge in [0.2, 0.25) is 0 Å². The summed E-state index contributed by atoms with van der Waals surface area (Å²) < 4.78 is 5.05. The van der Waals surface area contributed by atoms with Crippen LogP contribution in [-0.2, 0) is 17.6 Å². The van der Waals surface area contributed by atoms with Gasteiger partial charge in [-0.1, -0.05) is 31.2 Å². The molecule has 1 aromatic carbocycles. The summed E-state index contributed by atoms with van der Waals surface area (Å²) in [5.74, 6) is 5.51. The van der Waals surface area contributed by atoms with Crippen LogP contribution >= 0.6 is 0 Å². The first kappa shape index (κ1) is 13.2. The maximum Gasteiger partial charge on any atom is 0.0477 e. The number of hydrogen-bond acceptors (Lipinski definition) is 3. The number of nitrogens with one attached hydrogen (secondary N) is 1. The van der Waals surface area contributed by atoms with Gasteiger partial charge in [0.05, 0.1) is 0 Å². The average molecular weight is 222 g/mol. The van der Waals surface area contributed by atoms with Crippen molar-refractivity contribution in [2.24, 2.45) is 5.84 Å². The number of hydrogen-bond donors (Lipinski definition) is 2. The number of aryl methyl sites for hydroxylation is 1. The molecule has 16 heavy (non-hydrogen) atoms. The minimum Gasteiger partial charge on any atom is -0.385 e. The number of hydrazine groups is 1. The first-order valence-electron chi connectivity index (χ1n) is 5.83. The Morgan fingerprint density at radius 3 is 2.38 bits per heavy atom. The second kappa shape index (κ2) is 7.39. The molecule has 0 aliphatic carbocycles. The molecule has 1 unspecified atom stereocenters. The molecular formula is C13H22N2O. The van der Waals surface area contributed by atoms with E-state index in [0.717, 1.165) is 25.9 Å². The quantitative estimate of drug-likeness (QED) is 0.545. The van der Waals surface area contributed by atoms with Crippen LogP contribution in [0.25, 0.3) is 0 Å². The highest BCUT2D eigenvalue weighted by molar-refractivity contribution is 5.23. The van der Waals surface area contributed by atoms with Crippen molar-refractivity contribution in [1.29, 1.82) is 0 Å². The Morgan fingerprint density at radius 2 is 1.88 bits per heavy atom. The van der Waals surface area contributed by atoms with Gasteiger partial charge in [0.25, 0.3) is 0 Å². The largest absolute Gasteiger partial charge is 0.385 e. The standard InChI is InChI=1S/C13H22N2O/c1-3-11-4-6-12(7-5-11)10-13(15-14)8-9-16-2/h4-7,13,15H,3,8-10,14H2,1-2H3. The van der Waals surface area contributed by atoms with Crippen LogP contribution in [0.5, 0.6) is 0 Å². The molecule has 3 N–H and O–H groups in total. The lowest BCUT2D eigenvalue weighted by Gasteiger charge is -2.15. The van der Waals surface area contributed by atoms with E-state index >= 15 is 0 Å². The smallest absolute Gasteiger partial charge is 0.0477 e. The van der Waals surface area contributed by atoms with Gasteiger partial charge in [0.1, 0.15) is 0 Å². The van der Waals surface area contributed by atoms with E-state index < -0.39 is 0 Å². The number of nitrogens with two attached hydrogens (primary N) is 1. The van der Waals surface area contributed by atoms with E-state index in [0.29, 0.717) is 0 Å². The van der Waals surface area contributed by atoms with Gasteiger partial charge in [-0.2, -0.15) is 0 Å². The average Bonchev–Trinajstić information content (AvgIpc) is 2.35. The monoisotopic (exact) mass is 222 g/mol. The lowest BCUT2D eigenvalue weighted by atomic mass is 10.0. The van der Waals surface area contributed by atoms with E-state index in [-0.39, 0.29) is 6.04 Å². The van der Waals surface area contributed by atoms with E-state index in [1.54, 1.807) is 7.11 Å². The highest BCUT2D eigenvalue weighted by Crippen LogP contribution is 2.08. The third-order valence-electron chi connectivity index (χ3n) is 2.82. The summed E-state index contributed by atoms with van der Waals surface area (Å²) in [6.45, 7) is 2.90. The summed E-state index contributed by atoms with van der Waals surface area (Å²) in [6.07, 6.45) is 2.97. The van der Waals surface area contributed by atoms with Gasteiger partial charge >= 0.3 is 0 Å². The first-order valence-corrected chi connectivity index (χ1v) is 5.83. The molecule has 0 saturated heterocycles. The maximum absolute atomic E-state index is 5.51. The number of rotatable bonds is 7. The topological polar surface area (TPSA) is 47.3 Å². The van der Waals surface area contributed by atoms with Gasteiger partial charge in [-0.25, -0.2) is 0 Å². The molecule has 3 heteroatoms. The van der Waals surface area contributed by atoms with Crippen molar-refractivity contribution in [3.63, 3.8) is 0 Å². The van der Waals surface area contributed by atoms with Crippen molar-refractivity contribution in [2.45, 2.75) is 32.2 Å². The number of benzene rings is 1. The number of ether oxygens (including phenoxy) is 1. The van der Waals surface area contributed by atoms with E-state index in [4.69, 9.17) is 10.6 Å². The molecule has 0 spiro atoms. The Balaban J connectivity index is 2.49. The van der Waals surface area contributed by atoms with Crippen molar-refractivity contribution in [3.05, 3.63) is 35.4 Å². The molecule has 0 radical (unpaired) electrons. The second-order valence-electron chi connectivity index (χ2n) is 4.02. The Labute approximate surface area is 98.0 Å². The van der Waals surface area contributed by atoms with Crippen LogP contribution in [-0.4, -0.2) is 19.8 Å². The summed E-state index contributed by atoms with van der Waals surface area (Å²) in [5.41, 5.74) is 5.52. The van der Waals surface area contributed by atoms with E-state index in [9.17, 15) is 0 Å². The predicted octanol–water partition coefficient (Wildman–Crippen LogP) is 1.66. The summed E-state index contributed by atoms with van der Waals surface area (Å²) in [6, 6.07) is 9.00. The van der Waals surface area contributed by atoms with Gasteiger partial charge in [-0.3, -0.25) is 11.3 Å². The van der Waals surface area contributed by atoms with Crippen LogP contribution in [0, 0.1) is 0 Å². The molecule has 1 aromatic rings. The van der Waals surface area contributed by atoms with E-state index in [2.05, 4.69) is 36.6 Å². The molecule has 0 aliphatic heterocycles. The van der Waals surface area contributed by atoms with Crippen LogP contribution in [0.1, 0.15) is 24.5 Å². The summed E-state index contributed by atoms with van der Waals surface area (Å²) in [4.78, 5) is 0. The van der Waals surface area contributed by atoms with Crippen LogP contribution in [0.2, 0.25) is 0 Å². The highest BCUT2D eigenvalue weighted by Gasteiger charge is 2.07. The fourth-order valence-corrected chi connectivity index (χ4v) is 1.70. The summed E-state index contributed by atoms with van der Waals surface area (Å²) >= 11 is 0.